The van der Waals surface area contributed by atoms with Gasteiger partial charge in [0.25, 0.3) is 0 Å². The summed E-state index contributed by atoms with van der Waals surface area (Å²) in [6, 6.07) is 22.7. The summed E-state index contributed by atoms with van der Waals surface area (Å²) >= 11 is 2.34. The van der Waals surface area contributed by atoms with E-state index < -0.39 is 0 Å². The molecule has 0 heterocycles. The summed E-state index contributed by atoms with van der Waals surface area (Å²) in [6.07, 6.45) is 1.28. The monoisotopic (exact) mass is 415 g/mol. The number of carbonyl (C=O) groups excluding carboxylic acids is 1. The molecular weight excluding hydrogens is 397 g/mol. The van der Waals surface area contributed by atoms with E-state index in [0.717, 1.165) is 12.0 Å². The topological polar surface area (TPSA) is 29.1 Å². The first kappa shape index (κ1) is 16.0. The average molecular weight is 415 g/mol. The highest BCUT2D eigenvalue weighted by Crippen LogP contribution is 2.21. The number of benzene rings is 3. The summed E-state index contributed by atoms with van der Waals surface area (Å²) in [7, 11) is 0. The Labute approximate surface area is 150 Å². The van der Waals surface area contributed by atoms with Crippen molar-refractivity contribution in [3.63, 3.8) is 0 Å². The first-order valence-corrected chi connectivity index (χ1v) is 8.78. The van der Waals surface area contributed by atoms with Gasteiger partial charge in [0, 0.05) is 10.1 Å². The molecule has 0 aliphatic heterocycles. The number of halogens is 1. The quantitative estimate of drug-likeness (QED) is 0.617. The highest BCUT2D eigenvalue weighted by molar-refractivity contribution is 14.1. The second-order valence-corrected chi connectivity index (χ2v) is 6.79. The summed E-state index contributed by atoms with van der Waals surface area (Å²) < 4.78 is 1.23. The SMILES string of the molecule is O=C(Cc1ccccc1)NCCc1cccc2ccc(I)cc12. The van der Waals surface area contributed by atoms with E-state index in [1.807, 2.05) is 30.3 Å². The molecular formula is C20H18INO. The van der Waals surface area contributed by atoms with Crippen LogP contribution < -0.4 is 5.32 Å². The molecule has 1 N–H and O–H groups in total. The van der Waals surface area contributed by atoms with Gasteiger partial charge in [0.15, 0.2) is 0 Å². The van der Waals surface area contributed by atoms with Crippen LogP contribution in [0.2, 0.25) is 0 Å². The molecule has 0 atom stereocenters. The van der Waals surface area contributed by atoms with E-state index in [2.05, 4.69) is 64.3 Å². The van der Waals surface area contributed by atoms with Gasteiger partial charge >= 0.3 is 0 Å². The van der Waals surface area contributed by atoms with Crippen molar-refractivity contribution in [1.29, 1.82) is 0 Å². The van der Waals surface area contributed by atoms with Gasteiger partial charge in [-0.15, -0.1) is 0 Å². The summed E-state index contributed by atoms with van der Waals surface area (Å²) in [6.45, 7) is 0.663. The summed E-state index contributed by atoms with van der Waals surface area (Å²) in [5, 5.41) is 5.54. The summed E-state index contributed by atoms with van der Waals surface area (Å²) in [4.78, 5) is 12.0. The van der Waals surface area contributed by atoms with Crippen LogP contribution in [0, 0.1) is 3.57 Å². The molecule has 0 spiro atoms. The first-order valence-electron chi connectivity index (χ1n) is 7.70. The maximum atomic E-state index is 12.0. The molecule has 1 amide bonds. The standard InChI is InChI=1S/C20H18INO/c21-18-10-9-16-7-4-8-17(19(16)14-18)11-12-22-20(23)13-15-5-2-1-3-6-15/h1-10,14H,11-13H2,(H,22,23). The average Bonchev–Trinajstić information content (AvgIpc) is 2.56. The molecule has 3 aromatic rings. The van der Waals surface area contributed by atoms with Crippen molar-refractivity contribution < 1.29 is 4.79 Å². The van der Waals surface area contributed by atoms with Gasteiger partial charge in [-0.25, -0.2) is 0 Å². The van der Waals surface area contributed by atoms with E-state index in [9.17, 15) is 4.79 Å². The number of carbonyl (C=O) groups is 1. The number of hydrogen-bond acceptors (Lipinski definition) is 1. The van der Waals surface area contributed by atoms with Crippen molar-refractivity contribution in [3.8, 4) is 0 Å². The molecule has 0 aromatic heterocycles. The van der Waals surface area contributed by atoms with Gasteiger partial charge in [0.05, 0.1) is 6.42 Å². The Morgan fingerprint density at radius 2 is 1.78 bits per heavy atom. The van der Waals surface area contributed by atoms with Crippen LogP contribution in [0.25, 0.3) is 10.8 Å². The van der Waals surface area contributed by atoms with E-state index in [1.165, 1.54) is 19.9 Å². The normalized spacial score (nSPS) is 10.7. The van der Waals surface area contributed by atoms with Gasteiger partial charge in [0.2, 0.25) is 5.91 Å². The fourth-order valence-electron chi connectivity index (χ4n) is 2.71. The van der Waals surface area contributed by atoms with E-state index in [1.54, 1.807) is 0 Å². The third-order valence-corrected chi connectivity index (χ3v) is 4.53. The maximum Gasteiger partial charge on any atom is 0.224 e. The van der Waals surface area contributed by atoms with Gasteiger partial charge in [0.1, 0.15) is 0 Å². The maximum absolute atomic E-state index is 12.0. The minimum atomic E-state index is 0.0750. The van der Waals surface area contributed by atoms with Crippen molar-refractivity contribution in [2.75, 3.05) is 6.54 Å². The van der Waals surface area contributed by atoms with Crippen molar-refractivity contribution in [1.82, 2.24) is 5.32 Å². The van der Waals surface area contributed by atoms with Crippen LogP contribution in [0.3, 0.4) is 0 Å². The molecule has 0 aliphatic carbocycles. The third-order valence-electron chi connectivity index (χ3n) is 3.86. The Morgan fingerprint density at radius 3 is 2.61 bits per heavy atom. The second-order valence-electron chi connectivity index (χ2n) is 5.54. The zero-order valence-corrected chi connectivity index (χ0v) is 14.9. The molecule has 3 rings (SSSR count). The first-order chi connectivity index (χ1) is 11.2. The minimum Gasteiger partial charge on any atom is -0.355 e. The fourth-order valence-corrected chi connectivity index (χ4v) is 3.20. The Hall–Kier alpha value is -1.88. The van der Waals surface area contributed by atoms with Gasteiger partial charge in [-0.2, -0.15) is 0 Å². The lowest BCUT2D eigenvalue weighted by molar-refractivity contribution is -0.120. The predicted molar refractivity (Wildman–Crippen MR) is 104 cm³/mol. The van der Waals surface area contributed by atoms with Gasteiger partial charge in [-0.3, -0.25) is 4.79 Å². The molecule has 0 radical (unpaired) electrons. The molecule has 0 aliphatic rings. The molecule has 0 saturated carbocycles. The highest BCUT2D eigenvalue weighted by Gasteiger charge is 2.05. The zero-order valence-electron chi connectivity index (χ0n) is 12.8. The minimum absolute atomic E-state index is 0.0750. The molecule has 3 aromatic carbocycles. The number of rotatable bonds is 5. The molecule has 23 heavy (non-hydrogen) atoms. The van der Waals surface area contributed by atoms with Gasteiger partial charge < -0.3 is 5.32 Å². The fraction of sp³-hybridized carbons (Fsp3) is 0.150. The smallest absolute Gasteiger partial charge is 0.224 e. The second kappa shape index (κ2) is 7.59. The lowest BCUT2D eigenvalue weighted by Gasteiger charge is -2.09. The van der Waals surface area contributed by atoms with Crippen molar-refractivity contribution in [2.24, 2.45) is 0 Å². The van der Waals surface area contributed by atoms with Crippen LogP contribution in [0.4, 0.5) is 0 Å². The third kappa shape index (κ3) is 4.32. The highest BCUT2D eigenvalue weighted by atomic mass is 127. The number of amides is 1. The lowest BCUT2D eigenvalue weighted by Crippen LogP contribution is -2.27. The van der Waals surface area contributed by atoms with Gasteiger partial charge in [-0.1, -0.05) is 54.6 Å². The molecule has 0 unspecified atom stereocenters. The van der Waals surface area contributed by atoms with E-state index in [4.69, 9.17) is 0 Å². The Balaban J connectivity index is 1.60. The van der Waals surface area contributed by atoms with E-state index in [0.29, 0.717) is 13.0 Å². The van der Waals surface area contributed by atoms with Crippen molar-refractivity contribution >= 4 is 39.3 Å². The van der Waals surface area contributed by atoms with Crippen LogP contribution in [0.1, 0.15) is 11.1 Å². The number of hydrogen-bond donors (Lipinski definition) is 1. The zero-order chi connectivity index (χ0) is 16.1. The number of fused-ring (bicyclic) bond motifs is 1. The Kier molecular flexibility index (Phi) is 5.28. The number of nitrogens with one attached hydrogen (secondary N) is 1. The van der Waals surface area contributed by atoms with Crippen LogP contribution in [-0.4, -0.2) is 12.5 Å². The largest absolute Gasteiger partial charge is 0.355 e. The predicted octanol–water partition coefficient (Wildman–Crippen LogP) is 4.35. The van der Waals surface area contributed by atoms with Gasteiger partial charge in [-0.05, 0) is 63.0 Å². The van der Waals surface area contributed by atoms with Crippen LogP contribution >= 0.6 is 22.6 Å². The Morgan fingerprint density at radius 1 is 0.957 bits per heavy atom. The molecule has 2 nitrogen and oxygen atoms in total. The molecule has 116 valence electrons. The lowest BCUT2D eigenvalue weighted by atomic mass is 10.0. The summed E-state index contributed by atoms with van der Waals surface area (Å²) in [5.41, 5.74) is 2.32. The Bertz CT molecular complexity index is 814. The van der Waals surface area contributed by atoms with E-state index >= 15 is 0 Å². The van der Waals surface area contributed by atoms with Crippen molar-refractivity contribution in [2.45, 2.75) is 12.8 Å². The molecule has 0 saturated heterocycles. The molecule has 0 bridgehead atoms. The van der Waals surface area contributed by atoms with Crippen LogP contribution in [-0.2, 0) is 17.6 Å². The summed E-state index contributed by atoms with van der Waals surface area (Å²) in [5.74, 6) is 0.0750. The van der Waals surface area contributed by atoms with Crippen LogP contribution in [0.5, 0.6) is 0 Å². The van der Waals surface area contributed by atoms with E-state index in [-0.39, 0.29) is 5.91 Å². The van der Waals surface area contributed by atoms with Crippen LogP contribution in [0.15, 0.2) is 66.7 Å². The molecule has 0 fully saturated rings. The molecule has 3 heteroatoms. The van der Waals surface area contributed by atoms with Crippen molar-refractivity contribution in [3.05, 3.63) is 81.4 Å².